The molecule has 2 fully saturated rings. The number of carbonyl (C=O) groups excluding carboxylic acids is 3. The predicted molar refractivity (Wildman–Crippen MR) is 137 cm³/mol. The van der Waals surface area contributed by atoms with E-state index in [0.29, 0.717) is 16.3 Å². The number of carbonyl (C=O) groups is 3. The van der Waals surface area contributed by atoms with Crippen LogP contribution >= 0.6 is 11.6 Å². The van der Waals surface area contributed by atoms with Crippen molar-refractivity contribution in [3.8, 4) is 0 Å². The first-order valence-electron chi connectivity index (χ1n) is 12.5. The van der Waals surface area contributed by atoms with Crippen LogP contribution in [0, 0.1) is 0 Å². The van der Waals surface area contributed by atoms with Crippen molar-refractivity contribution < 1.29 is 14.4 Å². The summed E-state index contributed by atoms with van der Waals surface area (Å²) in [7, 11) is 0. The van der Waals surface area contributed by atoms with Gasteiger partial charge in [0.05, 0.1) is 11.4 Å². The van der Waals surface area contributed by atoms with Gasteiger partial charge in [-0.2, -0.15) is 0 Å². The van der Waals surface area contributed by atoms with Gasteiger partial charge in [0.1, 0.15) is 12.6 Å². The van der Waals surface area contributed by atoms with Crippen LogP contribution in [0.3, 0.4) is 0 Å². The molecule has 0 spiro atoms. The van der Waals surface area contributed by atoms with Crippen molar-refractivity contribution in [3.05, 3.63) is 58.6 Å². The van der Waals surface area contributed by atoms with E-state index in [9.17, 15) is 14.4 Å². The Kier molecular flexibility index (Phi) is 6.95. The summed E-state index contributed by atoms with van der Waals surface area (Å²) in [5.41, 5.74) is 2.95. The molecular formula is C27H31ClN4O3. The lowest BCUT2D eigenvalue weighted by Crippen LogP contribution is -2.57. The van der Waals surface area contributed by atoms with Gasteiger partial charge in [-0.25, -0.2) is 0 Å². The van der Waals surface area contributed by atoms with Crippen molar-refractivity contribution in [2.75, 3.05) is 36.0 Å². The lowest BCUT2D eigenvalue weighted by atomic mass is 9.95. The summed E-state index contributed by atoms with van der Waals surface area (Å²) in [6, 6.07) is 12.7. The Morgan fingerprint density at radius 3 is 2.51 bits per heavy atom. The monoisotopic (exact) mass is 494 g/mol. The number of benzene rings is 2. The van der Waals surface area contributed by atoms with Crippen LogP contribution in [0.15, 0.2) is 42.5 Å². The molecule has 3 amide bonds. The number of fused-ring (bicyclic) bond motifs is 3. The maximum Gasteiger partial charge on any atom is 0.253 e. The molecule has 8 heteroatoms. The van der Waals surface area contributed by atoms with Crippen molar-refractivity contribution >= 4 is 40.7 Å². The number of nitrogens with zero attached hydrogens (tertiary/aromatic N) is 3. The minimum absolute atomic E-state index is 0.0103. The Balaban J connectivity index is 1.40. The fourth-order valence-electron chi connectivity index (χ4n) is 5.37. The number of halogens is 1. The molecule has 0 saturated carbocycles. The van der Waals surface area contributed by atoms with Crippen LogP contribution in [-0.2, 0) is 16.1 Å². The second-order valence-corrected chi connectivity index (χ2v) is 9.96. The molecule has 0 radical (unpaired) electrons. The van der Waals surface area contributed by atoms with Gasteiger partial charge in [0.15, 0.2) is 0 Å². The lowest BCUT2D eigenvalue weighted by molar-refractivity contribution is -0.125. The van der Waals surface area contributed by atoms with Crippen molar-refractivity contribution in [1.29, 1.82) is 0 Å². The molecule has 5 rings (SSSR count). The average Bonchev–Trinajstić information content (AvgIpc) is 2.90. The Hall–Kier alpha value is -3.06. The molecule has 3 heterocycles. The summed E-state index contributed by atoms with van der Waals surface area (Å²) in [6.45, 7) is 2.52. The summed E-state index contributed by atoms with van der Waals surface area (Å²) >= 11 is 6.22. The van der Waals surface area contributed by atoms with Gasteiger partial charge in [-0.05, 0) is 68.4 Å². The van der Waals surface area contributed by atoms with Crippen LogP contribution in [0.5, 0.6) is 0 Å². The van der Waals surface area contributed by atoms with E-state index in [0.717, 1.165) is 69.4 Å². The zero-order valence-electron chi connectivity index (χ0n) is 19.8. The molecule has 1 N–H and O–H groups in total. The third kappa shape index (κ3) is 4.87. The Morgan fingerprint density at radius 2 is 1.71 bits per heavy atom. The highest BCUT2D eigenvalue weighted by Gasteiger charge is 2.40. The van der Waals surface area contributed by atoms with E-state index in [4.69, 9.17) is 11.6 Å². The van der Waals surface area contributed by atoms with Gasteiger partial charge in [-0.1, -0.05) is 29.8 Å². The number of likely N-dealkylation sites (tertiary alicyclic amines) is 1. The Morgan fingerprint density at radius 1 is 0.943 bits per heavy atom. The highest BCUT2D eigenvalue weighted by atomic mass is 35.5. The Bertz CT molecular complexity index is 1130. The van der Waals surface area contributed by atoms with E-state index >= 15 is 0 Å². The number of rotatable bonds is 5. The molecule has 0 bridgehead atoms. The first-order valence-corrected chi connectivity index (χ1v) is 12.9. The van der Waals surface area contributed by atoms with Crippen molar-refractivity contribution in [3.63, 3.8) is 0 Å². The van der Waals surface area contributed by atoms with Gasteiger partial charge in [-0.3, -0.25) is 19.3 Å². The predicted octanol–water partition coefficient (Wildman–Crippen LogP) is 3.99. The van der Waals surface area contributed by atoms with E-state index in [2.05, 4.69) is 10.2 Å². The van der Waals surface area contributed by atoms with Crippen LogP contribution in [0.4, 0.5) is 11.4 Å². The van der Waals surface area contributed by atoms with Crippen LogP contribution in [0.1, 0.15) is 54.4 Å². The van der Waals surface area contributed by atoms with E-state index in [1.165, 1.54) is 0 Å². The van der Waals surface area contributed by atoms with Gasteiger partial charge in [0, 0.05) is 36.8 Å². The van der Waals surface area contributed by atoms with Crippen LogP contribution in [-0.4, -0.2) is 54.8 Å². The topological polar surface area (TPSA) is 73.0 Å². The van der Waals surface area contributed by atoms with E-state index in [1.807, 2.05) is 35.2 Å². The minimum Gasteiger partial charge on any atom is -0.358 e. The average molecular weight is 495 g/mol. The summed E-state index contributed by atoms with van der Waals surface area (Å²) in [5, 5.41) is 3.48. The standard InChI is InChI=1S/C27H31ClN4O3/c28-21-9-3-2-8-20(21)17-29-25(33)18-32-24-16-19(26(34)30-13-5-1-6-14-30)11-12-22(24)31-15-7-4-10-23(31)27(32)35/h2-3,8-9,11-12,16,23H,1,4-7,10,13-15,17-18H2,(H,29,33)/t23-/m1/s1. The molecule has 2 saturated heterocycles. The van der Waals surface area contributed by atoms with Gasteiger partial charge < -0.3 is 15.1 Å². The zero-order valence-corrected chi connectivity index (χ0v) is 20.6. The van der Waals surface area contributed by atoms with Gasteiger partial charge in [0.25, 0.3) is 5.91 Å². The normalized spacial score (nSPS) is 19.7. The molecule has 1 atom stereocenters. The first kappa shape index (κ1) is 23.7. The lowest BCUT2D eigenvalue weighted by Gasteiger charge is -2.45. The SMILES string of the molecule is O=C(CN1C(=O)[C@H]2CCCCN2c2ccc(C(=O)N3CCCCC3)cc21)NCc1ccccc1Cl. The first-order chi connectivity index (χ1) is 17.0. The molecule has 3 aliphatic heterocycles. The maximum absolute atomic E-state index is 13.6. The molecule has 0 aliphatic carbocycles. The highest BCUT2D eigenvalue weighted by Crippen LogP contribution is 2.40. The summed E-state index contributed by atoms with van der Waals surface area (Å²) < 4.78 is 0. The van der Waals surface area contributed by atoms with Gasteiger partial charge >= 0.3 is 0 Å². The van der Waals surface area contributed by atoms with E-state index in [-0.39, 0.29) is 36.9 Å². The fraction of sp³-hybridized carbons (Fsp3) is 0.444. The maximum atomic E-state index is 13.6. The molecule has 2 aromatic carbocycles. The molecular weight excluding hydrogens is 464 g/mol. The Labute approximate surface area is 211 Å². The molecule has 3 aliphatic rings. The summed E-state index contributed by atoms with van der Waals surface area (Å²) in [5.74, 6) is -0.349. The van der Waals surface area contributed by atoms with Crippen LogP contribution in [0.2, 0.25) is 5.02 Å². The number of anilines is 2. The number of hydrogen-bond acceptors (Lipinski definition) is 4. The molecule has 7 nitrogen and oxygen atoms in total. The molecule has 35 heavy (non-hydrogen) atoms. The largest absolute Gasteiger partial charge is 0.358 e. The number of nitrogens with one attached hydrogen (secondary N) is 1. The van der Waals surface area contributed by atoms with Crippen molar-refractivity contribution in [1.82, 2.24) is 10.2 Å². The second-order valence-electron chi connectivity index (χ2n) is 9.55. The fourth-order valence-corrected chi connectivity index (χ4v) is 5.57. The quantitative estimate of drug-likeness (QED) is 0.682. The number of hydrogen-bond donors (Lipinski definition) is 1. The third-order valence-electron chi connectivity index (χ3n) is 7.26. The molecule has 2 aromatic rings. The van der Waals surface area contributed by atoms with Gasteiger partial charge in [-0.15, -0.1) is 0 Å². The molecule has 184 valence electrons. The number of piperidine rings is 2. The molecule has 0 aromatic heterocycles. The molecule has 0 unspecified atom stereocenters. The van der Waals surface area contributed by atoms with Gasteiger partial charge in [0.2, 0.25) is 11.8 Å². The summed E-state index contributed by atoms with van der Waals surface area (Å²) in [6.07, 6.45) is 5.96. The van der Waals surface area contributed by atoms with E-state index < -0.39 is 0 Å². The van der Waals surface area contributed by atoms with Crippen LogP contribution < -0.4 is 15.1 Å². The van der Waals surface area contributed by atoms with Crippen molar-refractivity contribution in [2.24, 2.45) is 0 Å². The van der Waals surface area contributed by atoms with Crippen molar-refractivity contribution in [2.45, 2.75) is 51.1 Å². The highest BCUT2D eigenvalue weighted by molar-refractivity contribution is 6.31. The second kappa shape index (κ2) is 10.3. The smallest absolute Gasteiger partial charge is 0.253 e. The third-order valence-corrected chi connectivity index (χ3v) is 7.62. The number of amides is 3. The van der Waals surface area contributed by atoms with Crippen LogP contribution in [0.25, 0.3) is 0 Å². The zero-order chi connectivity index (χ0) is 24.4. The minimum atomic E-state index is -0.267. The van der Waals surface area contributed by atoms with E-state index in [1.54, 1.807) is 17.0 Å². The summed E-state index contributed by atoms with van der Waals surface area (Å²) in [4.78, 5) is 45.3.